The molecule has 0 bridgehead atoms. The van der Waals surface area contributed by atoms with Gasteiger partial charge in [-0.1, -0.05) is 57.0 Å². The molecule has 4 heteroatoms. The summed E-state index contributed by atoms with van der Waals surface area (Å²) in [7, 11) is 0. The molecule has 0 spiro atoms. The zero-order chi connectivity index (χ0) is 19.4. The van der Waals surface area contributed by atoms with Gasteiger partial charge in [0, 0.05) is 17.5 Å². The lowest BCUT2D eigenvalue weighted by Crippen LogP contribution is -2.53. The molecule has 4 unspecified atom stereocenters. The van der Waals surface area contributed by atoms with E-state index in [1.165, 1.54) is 12.8 Å². The van der Waals surface area contributed by atoms with Crippen molar-refractivity contribution < 1.29 is 9.59 Å². The summed E-state index contributed by atoms with van der Waals surface area (Å²) in [5.74, 6) is 1.70. The molecule has 1 saturated carbocycles. The molecule has 1 aliphatic carbocycles. The number of carbonyl (C=O) groups excluding carboxylic acids is 2. The van der Waals surface area contributed by atoms with Crippen molar-refractivity contribution in [3.8, 4) is 0 Å². The molecule has 1 aromatic rings. The number of Topliss-reactive ketones (excluding diaryl/α,β-unsaturated/α-hetero) is 1. The van der Waals surface area contributed by atoms with E-state index in [-0.39, 0.29) is 23.7 Å². The van der Waals surface area contributed by atoms with Crippen molar-refractivity contribution >= 4 is 11.7 Å². The Labute approximate surface area is 163 Å². The Morgan fingerprint density at radius 3 is 2.37 bits per heavy atom. The molecule has 0 radical (unpaired) electrons. The van der Waals surface area contributed by atoms with Crippen LogP contribution in [-0.2, 0) is 4.79 Å². The number of hydrogen-bond donors (Lipinski definition) is 1. The second kappa shape index (κ2) is 9.01. The number of carbonyl (C=O) groups is 2. The topological polar surface area (TPSA) is 49.4 Å². The largest absolute Gasteiger partial charge is 0.352 e. The maximum absolute atomic E-state index is 12.8. The standard InChI is InChI=1S/C23H34N2O2/c1-16-8-7-11-21(17(16)2)24-23(27)18(3)25-14-12-20(13-15-25)22(26)19-9-5-4-6-10-19/h4-6,9-10,16-18,20-21H,7-8,11-15H2,1-3H3,(H,24,27). The number of nitrogens with zero attached hydrogens (tertiary/aromatic N) is 1. The fraction of sp³-hybridized carbons (Fsp3) is 0.652. The van der Waals surface area contributed by atoms with Gasteiger partial charge in [0.05, 0.1) is 6.04 Å². The maximum atomic E-state index is 12.8. The number of ketones is 1. The van der Waals surface area contributed by atoms with Gasteiger partial charge in [-0.25, -0.2) is 0 Å². The van der Waals surface area contributed by atoms with E-state index in [1.807, 2.05) is 37.3 Å². The van der Waals surface area contributed by atoms with Crippen LogP contribution in [0, 0.1) is 17.8 Å². The summed E-state index contributed by atoms with van der Waals surface area (Å²) in [5, 5.41) is 3.31. The lowest BCUT2D eigenvalue weighted by molar-refractivity contribution is -0.127. The van der Waals surface area contributed by atoms with E-state index in [1.54, 1.807) is 0 Å². The molecular formula is C23H34N2O2. The lowest BCUT2D eigenvalue weighted by Gasteiger charge is -2.38. The number of piperidine rings is 1. The summed E-state index contributed by atoms with van der Waals surface area (Å²) in [6.07, 6.45) is 5.24. The van der Waals surface area contributed by atoms with Crippen LogP contribution in [0.25, 0.3) is 0 Å². The molecule has 1 aromatic carbocycles. The van der Waals surface area contributed by atoms with E-state index >= 15 is 0 Å². The van der Waals surface area contributed by atoms with Gasteiger partial charge in [-0.15, -0.1) is 0 Å². The molecule has 148 valence electrons. The van der Waals surface area contributed by atoms with Crippen LogP contribution < -0.4 is 5.32 Å². The fourth-order valence-corrected chi connectivity index (χ4v) is 4.64. The maximum Gasteiger partial charge on any atom is 0.237 e. The second-order valence-corrected chi connectivity index (χ2v) is 8.60. The molecule has 1 heterocycles. The van der Waals surface area contributed by atoms with Crippen LogP contribution in [0.3, 0.4) is 0 Å². The highest BCUT2D eigenvalue weighted by Crippen LogP contribution is 2.30. The normalized spacial score (nSPS) is 28.5. The van der Waals surface area contributed by atoms with Crippen molar-refractivity contribution in [3.63, 3.8) is 0 Å². The van der Waals surface area contributed by atoms with Gasteiger partial charge in [0.15, 0.2) is 5.78 Å². The summed E-state index contributed by atoms with van der Waals surface area (Å²) in [6, 6.07) is 9.76. The van der Waals surface area contributed by atoms with Gasteiger partial charge in [0.2, 0.25) is 5.91 Å². The lowest BCUT2D eigenvalue weighted by atomic mass is 9.78. The van der Waals surface area contributed by atoms with E-state index < -0.39 is 0 Å². The Morgan fingerprint density at radius 1 is 1.04 bits per heavy atom. The summed E-state index contributed by atoms with van der Waals surface area (Å²) >= 11 is 0. The molecule has 3 rings (SSSR count). The van der Waals surface area contributed by atoms with Crippen molar-refractivity contribution in [1.29, 1.82) is 0 Å². The SMILES string of the molecule is CC1CCCC(NC(=O)C(C)N2CCC(C(=O)c3ccccc3)CC2)C1C. The number of likely N-dealkylation sites (tertiary alicyclic amines) is 1. The smallest absolute Gasteiger partial charge is 0.237 e. The summed E-state index contributed by atoms with van der Waals surface area (Å²) in [6.45, 7) is 8.19. The van der Waals surface area contributed by atoms with E-state index in [4.69, 9.17) is 0 Å². The fourth-order valence-electron chi connectivity index (χ4n) is 4.64. The minimum absolute atomic E-state index is 0.0816. The Morgan fingerprint density at radius 2 is 1.70 bits per heavy atom. The predicted octanol–water partition coefficient (Wildman–Crippen LogP) is 3.91. The highest BCUT2D eigenvalue weighted by molar-refractivity contribution is 5.97. The average molecular weight is 371 g/mol. The number of benzene rings is 1. The monoisotopic (exact) mass is 370 g/mol. The molecule has 2 fully saturated rings. The van der Waals surface area contributed by atoms with Crippen LogP contribution in [0.5, 0.6) is 0 Å². The van der Waals surface area contributed by atoms with Gasteiger partial charge < -0.3 is 5.32 Å². The van der Waals surface area contributed by atoms with Crippen LogP contribution in [0.15, 0.2) is 30.3 Å². The first-order valence-electron chi connectivity index (χ1n) is 10.6. The zero-order valence-corrected chi connectivity index (χ0v) is 17.0. The van der Waals surface area contributed by atoms with E-state index in [2.05, 4.69) is 24.1 Å². The van der Waals surface area contributed by atoms with E-state index in [0.717, 1.165) is 37.9 Å². The molecule has 1 amide bonds. The van der Waals surface area contributed by atoms with Crippen LogP contribution in [0.2, 0.25) is 0 Å². The van der Waals surface area contributed by atoms with Gasteiger partial charge in [-0.05, 0) is 51.1 Å². The molecule has 1 N–H and O–H groups in total. The zero-order valence-electron chi connectivity index (χ0n) is 17.0. The number of nitrogens with one attached hydrogen (secondary N) is 1. The van der Waals surface area contributed by atoms with Crippen molar-refractivity contribution in [2.75, 3.05) is 13.1 Å². The molecule has 4 nitrogen and oxygen atoms in total. The third kappa shape index (κ3) is 4.78. The molecule has 2 aliphatic rings. The molecule has 27 heavy (non-hydrogen) atoms. The highest BCUT2D eigenvalue weighted by atomic mass is 16.2. The Hall–Kier alpha value is -1.68. The van der Waals surface area contributed by atoms with E-state index in [0.29, 0.717) is 17.9 Å². The van der Waals surface area contributed by atoms with Crippen LogP contribution >= 0.6 is 0 Å². The van der Waals surface area contributed by atoms with Crippen molar-refractivity contribution in [3.05, 3.63) is 35.9 Å². The average Bonchev–Trinajstić information content (AvgIpc) is 2.71. The number of amides is 1. The highest BCUT2D eigenvalue weighted by Gasteiger charge is 2.33. The van der Waals surface area contributed by atoms with Gasteiger partial charge in [-0.3, -0.25) is 14.5 Å². The molecule has 0 aromatic heterocycles. The third-order valence-electron chi connectivity index (χ3n) is 6.92. The van der Waals surface area contributed by atoms with E-state index in [9.17, 15) is 9.59 Å². The van der Waals surface area contributed by atoms with Gasteiger partial charge >= 0.3 is 0 Å². The molecule has 1 aliphatic heterocycles. The number of rotatable bonds is 5. The summed E-state index contributed by atoms with van der Waals surface area (Å²) in [4.78, 5) is 27.7. The second-order valence-electron chi connectivity index (χ2n) is 8.60. The van der Waals surface area contributed by atoms with Gasteiger partial charge in [-0.2, -0.15) is 0 Å². The quantitative estimate of drug-likeness (QED) is 0.800. The summed E-state index contributed by atoms with van der Waals surface area (Å²) in [5.41, 5.74) is 0.808. The van der Waals surface area contributed by atoms with Crippen molar-refractivity contribution in [2.24, 2.45) is 17.8 Å². The Balaban J connectivity index is 1.50. The first kappa shape index (κ1) is 20.1. The van der Waals surface area contributed by atoms with Crippen LogP contribution in [0.1, 0.15) is 63.2 Å². The Kier molecular flexibility index (Phi) is 6.69. The van der Waals surface area contributed by atoms with Crippen molar-refractivity contribution in [1.82, 2.24) is 10.2 Å². The predicted molar refractivity (Wildman–Crippen MR) is 109 cm³/mol. The molecular weight excluding hydrogens is 336 g/mol. The molecule has 4 atom stereocenters. The van der Waals surface area contributed by atoms with Gasteiger partial charge in [0.25, 0.3) is 0 Å². The minimum atomic E-state index is -0.123. The van der Waals surface area contributed by atoms with Gasteiger partial charge in [0.1, 0.15) is 0 Å². The molecule has 1 saturated heterocycles. The summed E-state index contributed by atoms with van der Waals surface area (Å²) < 4.78 is 0. The first-order chi connectivity index (χ1) is 13.0. The number of hydrogen-bond acceptors (Lipinski definition) is 3. The van der Waals surface area contributed by atoms with Crippen LogP contribution in [-0.4, -0.2) is 41.8 Å². The Bertz CT molecular complexity index is 637. The minimum Gasteiger partial charge on any atom is -0.352 e. The van der Waals surface area contributed by atoms with Crippen molar-refractivity contribution in [2.45, 2.75) is 65.0 Å². The third-order valence-corrected chi connectivity index (χ3v) is 6.92. The first-order valence-corrected chi connectivity index (χ1v) is 10.6. The van der Waals surface area contributed by atoms with Crippen LogP contribution in [0.4, 0.5) is 0 Å².